The van der Waals surface area contributed by atoms with E-state index < -0.39 is 0 Å². The van der Waals surface area contributed by atoms with Crippen molar-refractivity contribution in [2.45, 2.75) is 25.1 Å². The third-order valence-corrected chi connectivity index (χ3v) is 3.35. The van der Waals surface area contributed by atoms with Crippen LogP contribution in [0.1, 0.15) is 23.7 Å². The second-order valence-electron chi connectivity index (χ2n) is 3.32. The van der Waals surface area contributed by atoms with Gasteiger partial charge in [-0.05, 0) is 26.0 Å². The Kier molecular flexibility index (Phi) is 4.51. The first kappa shape index (κ1) is 11.6. The second kappa shape index (κ2) is 5.44. The van der Waals surface area contributed by atoms with Crippen LogP contribution in [0.5, 0.6) is 0 Å². The average molecular weight is 215 g/mol. The Labute approximate surface area is 88.7 Å². The molecule has 0 aliphatic rings. The number of nitrogens with two attached hydrogens (primary N) is 1. The van der Waals surface area contributed by atoms with Crippen LogP contribution in [0.3, 0.4) is 0 Å². The highest BCUT2D eigenvalue weighted by Crippen LogP contribution is 2.31. The number of hydrogen-bond acceptors (Lipinski definition) is 4. The summed E-state index contributed by atoms with van der Waals surface area (Å²) in [4.78, 5) is 0. The van der Waals surface area contributed by atoms with Crippen molar-refractivity contribution in [1.29, 1.82) is 0 Å². The predicted octanol–water partition coefficient (Wildman–Crippen LogP) is 1.70. The summed E-state index contributed by atoms with van der Waals surface area (Å²) in [7, 11) is 0. The molecule has 0 saturated carbocycles. The van der Waals surface area contributed by atoms with Gasteiger partial charge in [-0.1, -0.05) is 0 Å². The van der Waals surface area contributed by atoms with E-state index in [-0.39, 0.29) is 17.9 Å². The molecule has 80 valence electrons. The molecule has 2 unspecified atom stereocenters. The van der Waals surface area contributed by atoms with Gasteiger partial charge in [0.15, 0.2) is 0 Å². The molecule has 0 spiro atoms. The highest BCUT2D eigenvalue weighted by atomic mass is 32.2. The number of furan rings is 1. The molecule has 1 heterocycles. The van der Waals surface area contributed by atoms with Gasteiger partial charge < -0.3 is 15.3 Å². The molecule has 0 radical (unpaired) electrons. The number of aliphatic hydroxyl groups excluding tert-OH is 1. The maximum atomic E-state index is 8.76. The molecule has 14 heavy (non-hydrogen) atoms. The van der Waals surface area contributed by atoms with Gasteiger partial charge in [0.1, 0.15) is 11.5 Å². The third kappa shape index (κ3) is 3.04. The van der Waals surface area contributed by atoms with Crippen LogP contribution in [0.2, 0.25) is 0 Å². The molecule has 3 N–H and O–H groups in total. The lowest BCUT2D eigenvalue weighted by molar-refractivity contribution is 0.322. The maximum absolute atomic E-state index is 8.76. The van der Waals surface area contributed by atoms with Gasteiger partial charge in [0.25, 0.3) is 0 Å². The lowest BCUT2D eigenvalue weighted by atomic mass is 10.2. The van der Waals surface area contributed by atoms with E-state index in [0.29, 0.717) is 5.75 Å². The Balaban J connectivity index is 2.67. The number of aryl methyl sites for hydroxylation is 1. The first-order chi connectivity index (χ1) is 6.65. The first-order valence-corrected chi connectivity index (χ1v) is 5.74. The number of hydrogen-bond donors (Lipinski definition) is 2. The van der Waals surface area contributed by atoms with Crippen molar-refractivity contribution >= 4 is 11.8 Å². The van der Waals surface area contributed by atoms with E-state index in [1.807, 2.05) is 26.0 Å². The van der Waals surface area contributed by atoms with Crippen LogP contribution >= 0.6 is 11.8 Å². The molecule has 1 rings (SSSR count). The van der Waals surface area contributed by atoms with Crippen LogP contribution in [-0.2, 0) is 0 Å². The smallest absolute Gasteiger partial charge is 0.118 e. The second-order valence-corrected chi connectivity index (χ2v) is 4.57. The molecule has 0 saturated heterocycles. The molecule has 0 aliphatic heterocycles. The van der Waals surface area contributed by atoms with E-state index in [9.17, 15) is 0 Å². The largest absolute Gasteiger partial charge is 0.465 e. The number of thioether (sulfide) groups is 1. The van der Waals surface area contributed by atoms with Crippen molar-refractivity contribution in [2.24, 2.45) is 5.73 Å². The zero-order valence-electron chi connectivity index (χ0n) is 8.56. The van der Waals surface area contributed by atoms with E-state index in [0.717, 1.165) is 11.5 Å². The predicted molar refractivity (Wildman–Crippen MR) is 59.4 cm³/mol. The SMILES string of the molecule is Cc1ccc(C(SCCO)C(C)N)o1. The van der Waals surface area contributed by atoms with E-state index >= 15 is 0 Å². The maximum Gasteiger partial charge on any atom is 0.118 e. The molecule has 1 aromatic heterocycles. The van der Waals surface area contributed by atoms with Crippen molar-refractivity contribution in [1.82, 2.24) is 0 Å². The molecule has 2 atom stereocenters. The monoisotopic (exact) mass is 215 g/mol. The van der Waals surface area contributed by atoms with Gasteiger partial charge in [-0.25, -0.2) is 0 Å². The van der Waals surface area contributed by atoms with Gasteiger partial charge in [-0.2, -0.15) is 0 Å². The Hall–Kier alpha value is -0.450. The van der Waals surface area contributed by atoms with E-state index in [2.05, 4.69) is 0 Å². The first-order valence-electron chi connectivity index (χ1n) is 4.69. The summed E-state index contributed by atoms with van der Waals surface area (Å²) in [5.74, 6) is 2.48. The Bertz CT molecular complexity index is 273. The third-order valence-electron chi connectivity index (χ3n) is 1.91. The van der Waals surface area contributed by atoms with Crippen LogP contribution in [0, 0.1) is 6.92 Å². The van der Waals surface area contributed by atoms with Gasteiger partial charge in [-0.3, -0.25) is 0 Å². The Morgan fingerprint density at radius 2 is 2.29 bits per heavy atom. The van der Waals surface area contributed by atoms with Crippen molar-refractivity contribution < 1.29 is 9.52 Å². The van der Waals surface area contributed by atoms with Crippen molar-refractivity contribution in [3.05, 3.63) is 23.7 Å². The highest BCUT2D eigenvalue weighted by Gasteiger charge is 2.19. The highest BCUT2D eigenvalue weighted by molar-refractivity contribution is 7.99. The summed E-state index contributed by atoms with van der Waals surface area (Å²) in [6.07, 6.45) is 0. The molecule has 0 bridgehead atoms. The minimum absolute atomic E-state index is 0.0251. The molecule has 0 aliphatic carbocycles. The molecular formula is C10H17NO2S. The molecule has 0 fully saturated rings. The lowest BCUT2D eigenvalue weighted by Crippen LogP contribution is -2.22. The fourth-order valence-electron chi connectivity index (χ4n) is 1.28. The van der Waals surface area contributed by atoms with E-state index in [1.165, 1.54) is 0 Å². The van der Waals surface area contributed by atoms with E-state index in [1.54, 1.807) is 11.8 Å². The zero-order valence-corrected chi connectivity index (χ0v) is 9.38. The molecule has 0 amide bonds. The summed E-state index contributed by atoms with van der Waals surface area (Å²) in [6, 6.07) is 3.91. The van der Waals surface area contributed by atoms with Gasteiger partial charge in [0.2, 0.25) is 0 Å². The summed E-state index contributed by atoms with van der Waals surface area (Å²) in [6.45, 7) is 4.04. The average Bonchev–Trinajstić information content (AvgIpc) is 2.52. The minimum atomic E-state index is 0.0251. The van der Waals surface area contributed by atoms with E-state index in [4.69, 9.17) is 15.3 Å². The van der Waals surface area contributed by atoms with Gasteiger partial charge in [-0.15, -0.1) is 11.8 Å². The lowest BCUT2D eigenvalue weighted by Gasteiger charge is -2.17. The van der Waals surface area contributed by atoms with Crippen LogP contribution in [0.15, 0.2) is 16.5 Å². The Morgan fingerprint density at radius 3 is 2.71 bits per heavy atom. The number of rotatable bonds is 5. The fourth-order valence-corrected chi connectivity index (χ4v) is 2.23. The van der Waals surface area contributed by atoms with Crippen LogP contribution in [0.25, 0.3) is 0 Å². The zero-order chi connectivity index (χ0) is 10.6. The Morgan fingerprint density at radius 1 is 1.57 bits per heavy atom. The molecule has 1 aromatic rings. The molecule has 4 heteroatoms. The summed E-state index contributed by atoms with van der Waals surface area (Å²) < 4.78 is 5.52. The molecule has 3 nitrogen and oxygen atoms in total. The van der Waals surface area contributed by atoms with Crippen LogP contribution in [0.4, 0.5) is 0 Å². The van der Waals surface area contributed by atoms with Gasteiger partial charge >= 0.3 is 0 Å². The topological polar surface area (TPSA) is 59.4 Å². The molecular weight excluding hydrogens is 198 g/mol. The fraction of sp³-hybridized carbons (Fsp3) is 0.600. The summed E-state index contributed by atoms with van der Waals surface area (Å²) >= 11 is 1.63. The molecule has 0 aromatic carbocycles. The van der Waals surface area contributed by atoms with Crippen LogP contribution < -0.4 is 5.73 Å². The van der Waals surface area contributed by atoms with Crippen molar-refractivity contribution in [3.8, 4) is 0 Å². The van der Waals surface area contributed by atoms with Gasteiger partial charge in [0, 0.05) is 11.8 Å². The normalized spacial score (nSPS) is 15.4. The van der Waals surface area contributed by atoms with Gasteiger partial charge in [0.05, 0.1) is 11.9 Å². The standard InChI is InChI=1S/C10H17NO2S/c1-7-3-4-9(13-7)10(8(2)11)14-6-5-12/h3-4,8,10,12H,5-6,11H2,1-2H3. The minimum Gasteiger partial charge on any atom is -0.465 e. The number of aliphatic hydroxyl groups is 1. The van der Waals surface area contributed by atoms with Crippen molar-refractivity contribution in [2.75, 3.05) is 12.4 Å². The van der Waals surface area contributed by atoms with Crippen molar-refractivity contribution in [3.63, 3.8) is 0 Å². The van der Waals surface area contributed by atoms with Crippen LogP contribution in [-0.4, -0.2) is 23.5 Å². The summed E-state index contributed by atoms with van der Waals surface area (Å²) in [5.41, 5.74) is 5.86. The summed E-state index contributed by atoms with van der Waals surface area (Å²) in [5, 5.41) is 8.89. The quantitative estimate of drug-likeness (QED) is 0.785.